The van der Waals surface area contributed by atoms with Crippen molar-refractivity contribution in [2.24, 2.45) is 13.0 Å². The summed E-state index contributed by atoms with van der Waals surface area (Å²) in [5.41, 5.74) is 3.54. The van der Waals surface area contributed by atoms with Crippen LogP contribution in [0.1, 0.15) is 23.3 Å². The number of amides is 1. The topological polar surface area (TPSA) is 94.4 Å². The number of carbonyl (C=O) groups excluding carboxylic acids is 1. The standard InChI is InChI=1S/C25H26N6O3/c1-30-15-26-13-24(30)29-25(32)23-12-27-21-7-6-17(10-22(21)28-23)31(14-16-4-5-16)18-8-19(33-2)11-20(9-18)34-3/h6-13,15-16H,4-5,14H2,1-3H3,(H,29,32). The molecule has 1 aliphatic rings. The minimum Gasteiger partial charge on any atom is -0.497 e. The quantitative estimate of drug-likeness (QED) is 0.423. The lowest BCUT2D eigenvalue weighted by Gasteiger charge is -2.26. The summed E-state index contributed by atoms with van der Waals surface area (Å²) in [5.74, 6) is 2.34. The molecule has 2 aromatic carbocycles. The second-order valence-electron chi connectivity index (χ2n) is 8.40. The van der Waals surface area contributed by atoms with Crippen LogP contribution in [0.5, 0.6) is 11.5 Å². The number of ether oxygens (including phenoxy) is 2. The van der Waals surface area contributed by atoms with Crippen LogP contribution < -0.4 is 19.7 Å². The Morgan fingerprint density at radius 1 is 1.06 bits per heavy atom. The summed E-state index contributed by atoms with van der Waals surface area (Å²) in [6, 6.07) is 11.8. The first-order valence-corrected chi connectivity index (χ1v) is 11.1. The number of imidazole rings is 1. The van der Waals surface area contributed by atoms with E-state index in [9.17, 15) is 4.79 Å². The summed E-state index contributed by atoms with van der Waals surface area (Å²) in [7, 11) is 5.10. The number of rotatable bonds is 8. The van der Waals surface area contributed by atoms with E-state index in [-0.39, 0.29) is 11.6 Å². The molecular weight excluding hydrogens is 432 g/mol. The molecule has 0 saturated heterocycles. The zero-order chi connectivity index (χ0) is 23.7. The van der Waals surface area contributed by atoms with Gasteiger partial charge in [-0.3, -0.25) is 9.78 Å². The highest BCUT2D eigenvalue weighted by Gasteiger charge is 2.26. The van der Waals surface area contributed by atoms with Crippen LogP contribution in [0.4, 0.5) is 17.2 Å². The molecule has 1 aliphatic carbocycles. The average Bonchev–Trinajstić information content (AvgIpc) is 3.61. The lowest BCUT2D eigenvalue weighted by atomic mass is 10.2. The van der Waals surface area contributed by atoms with Crippen molar-refractivity contribution in [2.45, 2.75) is 12.8 Å². The number of nitrogens with one attached hydrogen (secondary N) is 1. The van der Waals surface area contributed by atoms with Crippen LogP contribution in [0.2, 0.25) is 0 Å². The Morgan fingerprint density at radius 3 is 2.47 bits per heavy atom. The third-order valence-corrected chi connectivity index (χ3v) is 5.91. The van der Waals surface area contributed by atoms with Gasteiger partial charge in [0.25, 0.3) is 5.91 Å². The molecule has 0 radical (unpaired) electrons. The molecule has 34 heavy (non-hydrogen) atoms. The smallest absolute Gasteiger partial charge is 0.277 e. The number of anilines is 3. The molecule has 174 valence electrons. The van der Waals surface area contributed by atoms with Crippen molar-refractivity contribution in [1.29, 1.82) is 0 Å². The van der Waals surface area contributed by atoms with E-state index in [0.29, 0.717) is 17.3 Å². The van der Waals surface area contributed by atoms with Crippen molar-refractivity contribution in [3.05, 3.63) is 60.8 Å². The van der Waals surface area contributed by atoms with E-state index in [1.165, 1.54) is 19.0 Å². The van der Waals surface area contributed by atoms with Gasteiger partial charge in [-0.1, -0.05) is 0 Å². The second-order valence-corrected chi connectivity index (χ2v) is 8.40. The number of hydrogen-bond acceptors (Lipinski definition) is 7. The van der Waals surface area contributed by atoms with Gasteiger partial charge >= 0.3 is 0 Å². The summed E-state index contributed by atoms with van der Waals surface area (Å²) in [6.07, 6.45) is 7.12. The second kappa shape index (κ2) is 9.01. The fourth-order valence-corrected chi connectivity index (χ4v) is 3.80. The molecule has 0 bridgehead atoms. The minimum absolute atomic E-state index is 0.239. The predicted octanol–water partition coefficient (Wildman–Crippen LogP) is 4.18. The van der Waals surface area contributed by atoms with Crippen LogP contribution >= 0.6 is 0 Å². The molecule has 5 rings (SSSR count). The number of hydrogen-bond donors (Lipinski definition) is 1. The molecule has 1 saturated carbocycles. The Labute approximate surface area is 197 Å². The van der Waals surface area contributed by atoms with E-state index in [1.807, 2.05) is 43.4 Å². The molecule has 2 heterocycles. The monoisotopic (exact) mass is 458 g/mol. The largest absolute Gasteiger partial charge is 0.497 e. The Morgan fingerprint density at radius 2 is 1.82 bits per heavy atom. The Hall–Kier alpha value is -4.14. The molecule has 2 aromatic heterocycles. The van der Waals surface area contributed by atoms with E-state index in [2.05, 4.69) is 25.2 Å². The molecule has 1 amide bonds. The fourth-order valence-electron chi connectivity index (χ4n) is 3.80. The number of nitrogens with zero attached hydrogens (tertiary/aromatic N) is 5. The Balaban J connectivity index is 1.50. The van der Waals surface area contributed by atoms with Gasteiger partial charge in [0, 0.05) is 43.2 Å². The molecule has 0 atom stereocenters. The van der Waals surface area contributed by atoms with Crippen molar-refractivity contribution >= 4 is 34.1 Å². The third kappa shape index (κ3) is 4.50. The van der Waals surface area contributed by atoms with Crippen molar-refractivity contribution in [1.82, 2.24) is 19.5 Å². The van der Waals surface area contributed by atoms with Crippen LogP contribution in [-0.2, 0) is 7.05 Å². The van der Waals surface area contributed by atoms with E-state index in [1.54, 1.807) is 31.3 Å². The molecule has 0 unspecified atom stereocenters. The zero-order valence-corrected chi connectivity index (χ0v) is 19.4. The lowest BCUT2D eigenvalue weighted by molar-refractivity contribution is 0.102. The number of aryl methyl sites for hydroxylation is 1. The first kappa shape index (κ1) is 21.7. The van der Waals surface area contributed by atoms with Crippen LogP contribution in [0.15, 0.2) is 55.1 Å². The highest BCUT2D eigenvalue weighted by Crippen LogP contribution is 2.38. The Kier molecular flexibility index (Phi) is 5.75. The van der Waals surface area contributed by atoms with Crippen LogP contribution in [-0.4, -0.2) is 46.2 Å². The first-order valence-electron chi connectivity index (χ1n) is 11.1. The van der Waals surface area contributed by atoms with Crippen LogP contribution in [0.25, 0.3) is 11.0 Å². The SMILES string of the molecule is COc1cc(OC)cc(N(CC2CC2)c2ccc3ncc(C(=O)Nc4cncn4C)nc3c2)c1. The van der Waals surface area contributed by atoms with Gasteiger partial charge in [-0.15, -0.1) is 0 Å². The zero-order valence-electron chi connectivity index (χ0n) is 19.4. The van der Waals surface area contributed by atoms with Gasteiger partial charge in [0.15, 0.2) is 0 Å². The van der Waals surface area contributed by atoms with E-state index >= 15 is 0 Å². The highest BCUT2D eigenvalue weighted by atomic mass is 16.5. The lowest BCUT2D eigenvalue weighted by Crippen LogP contribution is -2.20. The van der Waals surface area contributed by atoms with Gasteiger partial charge in [-0.2, -0.15) is 0 Å². The summed E-state index contributed by atoms with van der Waals surface area (Å²) in [4.78, 5) is 28.1. The van der Waals surface area contributed by atoms with E-state index in [0.717, 1.165) is 34.9 Å². The number of benzene rings is 2. The highest BCUT2D eigenvalue weighted by molar-refractivity contribution is 6.03. The number of carbonyl (C=O) groups is 1. The van der Waals surface area contributed by atoms with Gasteiger partial charge in [-0.05, 0) is 37.0 Å². The summed E-state index contributed by atoms with van der Waals surface area (Å²) in [5, 5.41) is 2.81. The number of aromatic nitrogens is 4. The number of methoxy groups -OCH3 is 2. The van der Waals surface area contributed by atoms with Gasteiger partial charge in [0.05, 0.1) is 44.0 Å². The number of fused-ring (bicyclic) bond motifs is 1. The summed E-state index contributed by atoms with van der Waals surface area (Å²) >= 11 is 0. The maximum absolute atomic E-state index is 12.8. The summed E-state index contributed by atoms with van der Waals surface area (Å²) < 4.78 is 12.7. The molecule has 0 spiro atoms. The van der Waals surface area contributed by atoms with Crippen molar-refractivity contribution in [3.63, 3.8) is 0 Å². The van der Waals surface area contributed by atoms with E-state index in [4.69, 9.17) is 9.47 Å². The Bertz CT molecular complexity index is 1330. The molecule has 9 heteroatoms. The third-order valence-electron chi connectivity index (χ3n) is 5.91. The van der Waals surface area contributed by atoms with Gasteiger partial charge in [0.2, 0.25) is 0 Å². The maximum Gasteiger partial charge on any atom is 0.277 e. The normalized spacial score (nSPS) is 13.0. The fraction of sp³-hybridized carbons (Fsp3) is 0.280. The maximum atomic E-state index is 12.8. The van der Waals surface area contributed by atoms with E-state index < -0.39 is 0 Å². The van der Waals surface area contributed by atoms with Gasteiger partial charge in [0.1, 0.15) is 23.0 Å². The van der Waals surface area contributed by atoms with Gasteiger partial charge < -0.3 is 24.3 Å². The van der Waals surface area contributed by atoms with Crippen molar-refractivity contribution < 1.29 is 14.3 Å². The van der Waals surface area contributed by atoms with Gasteiger partial charge in [-0.25, -0.2) is 9.97 Å². The molecular formula is C25H26N6O3. The molecule has 1 fully saturated rings. The molecule has 0 aliphatic heterocycles. The minimum atomic E-state index is -0.337. The molecule has 1 N–H and O–H groups in total. The van der Waals surface area contributed by atoms with Crippen LogP contribution in [0.3, 0.4) is 0 Å². The molecule has 9 nitrogen and oxygen atoms in total. The van der Waals surface area contributed by atoms with Crippen LogP contribution in [0, 0.1) is 5.92 Å². The van der Waals surface area contributed by atoms with Crippen molar-refractivity contribution in [3.8, 4) is 11.5 Å². The summed E-state index contributed by atoms with van der Waals surface area (Å²) in [6.45, 7) is 0.871. The first-order chi connectivity index (χ1) is 16.5. The predicted molar refractivity (Wildman–Crippen MR) is 130 cm³/mol. The van der Waals surface area contributed by atoms with Crippen molar-refractivity contribution in [2.75, 3.05) is 31.0 Å². The molecule has 4 aromatic rings. The average molecular weight is 459 g/mol.